The first-order valence-electron chi connectivity index (χ1n) is 26.4. The van der Waals surface area contributed by atoms with Crippen LogP contribution in [0.2, 0.25) is 0 Å². The van der Waals surface area contributed by atoms with Crippen molar-refractivity contribution in [3.8, 4) is 23.3 Å². The molecule has 4 heterocycles. The maximum absolute atomic E-state index is 14.3. The predicted molar refractivity (Wildman–Crippen MR) is 287 cm³/mol. The number of morpholine rings is 1. The van der Waals surface area contributed by atoms with Gasteiger partial charge in [0, 0.05) is 87.1 Å². The third-order valence-corrected chi connectivity index (χ3v) is 15.8. The van der Waals surface area contributed by atoms with E-state index in [-0.39, 0.29) is 71.2 Å². The number of rotatable bonds is 19. The van der Waals surface area contributed by atoms with Gasteiger partial charge in [0.15, 0.2) is 39.5 Å². The second kappa shape index (κ2) is 24.8. The standard InChI is InChI=1S/C55H59N9O19S/c1-26-49-33(64-16-17-80-53(79-3)52(64)83-49)18-40(81-26)82-35-20-55(75,19-31-42(35)48(72)44-43(46(31)70)45(69)30-6-5-7-34(78-2)41(30)47(44)71)54(74)61-22-27-8-11-29(12-9-27)62-39(68)25-60-38(67)24-59-37(66)23-58-36(65)14-15-57-50(73)32-13-10-28(21-56)51(63-32)84(4,76)77/h5-13,26,33,35,40,49,52-53,70,72,75H,14-20,22-25H2,1-4H3,(H,57,73)(H,58,65)(H,59,66)(H,60,67)(H,61,74)(H,62,68)/t26-,33-,35-,40-,49+,52+,53-,55-/m0/s1. The summed E-state index contributed by atoms with van der Waals surface area (Å²) in [6.45, 7) is 0.727. The van der Waals surface area contributed by atoms with Crippen LogP contribution in [0.15, 0.2) is 59.6 Å². The van der Waals surface area contributed by atoms with Gasteiger partial charge < -0.3 is 75.6 Å². The van der Waals surface area contributed by atoms with Crippen LogP contribution in [0.1, 0.15) is 96.9 Å². The highest BCUT2D eigenvalue weighted by Gasteiger charge is 2.55. The number of aliphatic hydroxyl groups is 1. The van der Waals surface area contributed by atoms with Gasteiger partial charge in [-0.3, -0.25) is 43.3 Å². The Hall–Kier alpha value is -8.47. The Morgan fingerprint density at radius 1 is 0.857 bits per heavy atom. The number of benzene rings is 3. The SMILES string of the molecule is COc1cccc2c1C(=O)c1c(O)c3c(c(O)c1C2=O)C[C@@](O)(C(=O)NCc1ccc(NC(=O)CNC(=O)CNC(=O)CNC(=O)CCNC(=O)c2ccc(C#N)c(S(C)(=O)=O)n2)cc1)C[C@@H]3O[C@H]1C[C@H]2[C@H](O[C@@H]3[C@@H](OC)OCCN32)[C@H](C)O1. The molecule has 0 radical (unpaired) electrons. The van der Waals surface area contributed by atoms with Crippen LogP contribution < -0.4 is 36.6 Å². The number of hydrogen-bond donors (Lipinski definition) is 9. The number of amides is 6. The largest absolute Gasteiger partial charge is 0.507 e. The lowest BCUT2D eigenvalue weighted by molar-refractivity contribution is -0.256. The number of phenolic OH excluding ortho intramolecular Hbond substituents is 2. The second-order valence-corrected chi connectivity index (χ2v) is 22.3. The molecule has 0 saturated carbocycles. The molecular weight excluding hydrogens is 1120 g/mol. The average Bonchev–Trinajstić information content (AvgIpc) is 0.875. The number of fused-ring (bicyclic) bond motifs is 6. The van der Waals surface area contributed by atoms with E-state index in [1.54, 1.807) is 25.1 Å². The van der Waals surface area contributed by atoms with E-state index in [9.17, 15) is 62.1 Å². The minimum absolute atomic E-state index is 0.0643. The summed E-state index contributed by atoms with van der Waals surface area (Å²) in [5.74, 6) is -7.45. The molecule has 3 fully saturated rings. The molecule has 6 amide bonds. The number of sulfone groups is 1. The van der Waals surface area contributed by atoms with Crippen LogP contribution in [0.3, 0.4) is 0 Å². The number of pyridine rings is 1. The number of methoxy groups -OCH3 is 2. The summed E-state index contributed by atoms with van der Waals surface area (Å²) in [4.78, 5) is 111. The lowest BCUT2D eigenvalue weighted by Crippen LogP contribution is -2.55. The summed E-state index contributed by atoms with van der Waals surface area (Å²) in [5, 5.41) is 59.8. The van der Waals surface area contributed by atoms with Gasteiger partial charge in [0.1, 0.15) is 40.7 Å². The van der Waals surface area contributed by atoms with E-state index in [0.29, 0.717) is 24.4 Å². The lowest BCUT2D eigenvalue weighted by atomic mass is 9.72. The van der Waals surface area contributed by atoms with Crippen LogP contribution in [0, 0.1) is 11.3 Å². The summed E-state index contributed by atoms with van der Waals surface area (Å²) < 4.78 is 59.9. The number of carbonyl (C=O) groups excluding carboxylic acids is 8. The van der Waals surface area contributed by atoms with E-state index >= 15 is 0 Å². The Bertz CT molecular complexity index is 3500. The number of hydrogen-bond acceptors (Lipinski definition) is 22. The second-order valence-electron chi connectivity index (χ2n) is 20.4. The maximum atomic E-state index is 14.3. The molecule has 9 rings (SSSR count). The van der Waals surface area contributed by atoms with Gasteiger partial charge in [0.25, 0.3) is 11.8 Å². The first-order valence-corrected chi connectivity index (χ1v) is 28.3. The molecule has 29 heteroatoms. The van der Waals surface area contributed by atoms with Crippen molar-refractivity contribution in [3.05, 3.63) is 105 Å². The fourth-order valence-electron chi connectivity index (χ4n) is 10.8. The molecular formula is C55H59N9O19S. The minimum Gasteiger partial charge on any atom is -0.507 e. The number of ketones is 2. The number of anilines is 1. The Labute approximate surface area is 479 Å². The fraction of sp³-hybridized carbons (Fsp3) is 0.418. The van der Waals surface area contributed by atoms with E-state index in [4.69, 9.17) is 33.7 Å². The molecule has 0 unspecified atom stereocenters. The highest BCUT2D eigenvalue weighted by atomic mass is 32.2. The number of nitriles is 1. The third kappa shape index (κ3) is 12.4. The van der Waals surface area contributed by atoms with Gasteiger partial charge >= 0.3 is 0 Å². The maximum Gasteiger partial charge on any atom is 0.269 e. The topological polar surface area (TPSA) is 399 Å². The van der Waals surface area contributed by atoms with Crippen molar-refractivity contribution in [1.82, 2.24) is 36.5 Å². The molecule has 8 atom stereocenters. The quantitative estimate of drug-likeness (QED) is 0.0459. The minimum atomic E-state index is -3.91. The van der Waals surface area contributed by atoms with Crippen molar-refractivity contribution in [2.45, 2.75) is 92.9 Å². The zero-order chi connectivity index (χ0) is 60.4. The third-order valence-electron chi connectivity index (χ3n) is 14.8. The van der Waals surface area contributed by atoms with Crippen LogP contribution in [0.5, 0.6) is 17.2 Å². The lowest BCUT2D eigenvalue weighted by Gasteiger charge is -2.43. The molecule has 0 bridgehead atoms. The fourth-order valence-corrected chi connectivity index (χ4v) is 11.6. The molecule has 3 aromatic carbocycles. The van der Waals surface area contributed by atoms with Crippen molar-refractivity contribution in [1.29, 1.82) is 5.26 Å². The van der Waals surface area contributed by atoms with Crippen molar-refractivity contribution in [3.63, 3.8) is 0 Å². The highest BCUT2D eigenvalue weighted by molar-refractivity contribution is 7.90. The average molecular weight is 1180 g/mol. The molecule has 4 aromatic rings. The number of aromatic hydroxyl groups is 2. The van der Waals surface area contributed by atoms with Gasteiger partial charge in [-0.05, 0) is 42.8 Å². The molecule has 1 aromatic heterocycles. The van der Waals surface area contributed by atoms with E-state index in [1.165, 1.54) is 44.6 Å². The number of phenols is 2. The van der Waals surface area contributed by atoms with Gasteiger partial charge in [-0.25, -0.2) is 13.4 Å². The Balaban J connectivity index is 0.778. The molecule has 28 nitrogen and oxygen atoms in total. The number of carbonyl (C=O) groups is 8. The molecule has 9 N–H and O–H groups in total. The normalized spacial score (nSPS) is 23.2. The molecule has 0 spiro atoms. The molecule has 444 valence electrons. The monoisotopic (exact) mass is 1180 g/mol. The number of aromatic nitrogens is 1. The van der Waals surface area contributed by atoms with E-state index in [0.717, 1.165) is 18.4 Å². The van der Waals surface area contributed by atoms with Gasteiger partial charge in [-0.1, -0.05) is 24.3 Å². The van der Waals surface area contributed by atoms with Crippen LogP contribution in [0.4, 0.5) is 5.69 Å². The van der Waals surface area contributed by atoms with Gasteiger partial charge in [0.05, 0.1) is 67.8 Å². The summed E-state index contributed by atoms with van der Waals surface area (Å²) in [7, 11) is -1.08. The van der Waals surface area contributed by atoms with E-state index in [1.807, 2.05) is 0 Å². The Morgan fingerprint density at radius 2 is 1.55 bits per heavy atom. The smallest absolute Gasteiger partial charge is 0.269 e. The van der Waals surface area contributed by atoms with Crippen molar-refractivity contribution >= 4 is 62.5 Å². The van der Waals surface area contributed by atoms with Crippen LogP contribution >= 0.6 is 0 Å². The van der Waals surface area contributed by atoms with Crippen LogP contribution in [0.25, 0.3) is 0 Å². The Kier molecular flexibility index (Phi) is 17.7. The highest BCUT2D eigenvalue weighted by Crippen LogP contribution is 2.53. The van der Waals surface area contributed by atoms with Crippen molar-refractivity contribution in [2.75, 3.05) is 65.1 Å². The zero-order valence-corrected chi connectivity index (χ0v) is 46.5. The molecule has 3 saturated heterocycles. The van der Waals surface area contributed by atoms with Crippen LogP contribution in [-0.4, -0.2) is 183 Å². The number of ether oxygens (including phenoxy) is 6. The van der Waals surface area contributed by atoms with Crippen molar-refractivity contribution < 1.29 is 90.5 Å². The summed E-state index contributed by atoms with van der Waals surface area (Å²) in [6, 6.07) is 14.2. The number of nitrogens with one attached hydrogen (secondary N) is 6. The van der Waals surface area contributed by atoms with Gasteiger partial charge in [0.2, 0.25) is 29.4 Å². The zero-order valence-electron chi connectivity index (χ0n) is 45.6. The molecule has 2 aliphatic carbocycles. The van der Waals surface area contributed by atoms with E-state index in [2.05, 4.69) is 41.8 Å². The Morgan fingerprint density at radius 3 is 2.23 bits per heavy atom. The number of nitrogens with zero attached hydrogens (tertiary/aromatic N) is 3. The summed E-state index contributed by atoms with van der Waals surface area (Å²) in [6.07, 6.45) is -4.99. The molecule has 3 aliphatic heterocycles. The molecule has 84 heavy (non-hydrogen) atoms. The van der Waals surface area contributed by atoms with Crippen molar-refractivity contribution in [2.24, 2.45) is 0 Å². The van der Waals surface area contributed by atoms with Crippen LogP contribution in [-0.2, 0) is 70.5 Å². The van der Waals surface area contributed by atoms with E-state index < -0.39 is 160 Å². The first-order chi connectivity index (χ1) is 40.0. The predicted octanol–water partition coefficient (Wildman–Crippen LogP) is -0.756. The molecule has 5 aliphatic rings. The van der Waals surface area contributed by atoms with Gasteiger partial charge in [-0.15, -0.1) is 0 Å². The summed E-state index contributed by atoms with van der Waals surface area (Å²) in [5.41, 5.74) is -3.63. The summed E-state index contributed by atoms with van der Waals surface area (Å²) >= 11 is 0. The first kappa shape index (κ1) is 60.1. The van der Waals surface area contributed by atoms with Gasteiger partial charge in [-0.2, -0.15) is 5.26 Å².